The lowest BCUT2D eigenvalue weighted by atomic mass is 10.1. The molecule has 0 aliphatic carbocycles. The Hall–Kier alpha value is -2.98. The van der Waals surface area contributed by atoms with E-state index in [1.165, 1.54) is 29.9 Å². The summed E-state index contributed by atoms with van der Waals surface area (Å²) in [6.07, 6.45) is 7.93. The summed E-state index contributed by atoms with van der Waals surface area (Å²) in [5, 5.41) is 17.3. The summed E-state index contributed by atoms with van der Waals surface area (Å²) in [7, 11) is 0. The van der Waals surface area contributed by atoms with E-state index in [0.717, 1.165) is 0 Å². The van der Waals surface area contributed by atoms with Gasteiger partial charge in [-0.1, -0.05) is 0 Å². The molecule has 0 saturated carbocycles. The molecule has 11 N–H and O–H groups in total. The van der Waals surface area contributed by atoms with Gasteiger partial charge in [0.1, 0.15) is 18.1 Å². The van der Waals surface area contributed by atoms with Crippen LogP contribution in [0.5, 0.6) is 0 Å². The van der Waals surface area contributed by atoms with Gasteiger partial charge in [0.25, 0.3) is 0 Å². The van der Waals surface area contributed by atoms with Crippen LogP contribution in [-0.2, 0) is 25.6 Å². The molecule has 0 radical (unpaired) electrons. The Kier molecular flexibility index (Phi) is 15.9. The lowest BCUT2D eigenvalue weighted by Gasteiger charge is -2.25. The molecule has 0 aromatic carbocycles. The fourth-order valence-corrected chi connectivity index (χ4v) is 4.26. The Morgan fingerprint density at radius 2 is 1.53 bits per heavy atom. The van der Waals surface area contributed by atoms with Crippen molar-refractivity contribution in [1.82, 2.24) is 25.9 Å². The van der Waals surface area contributed by atoms with Crippen molar-refractivity contribution < 1.29 is 24.3 Å². The number of hydrogen-bond donors (Lipinski definition) is 8. The van der Waals surface area contributed by atoms with Crippen LogP contribution in [0.2, 0.25) is 0 Å². The molecule has 38 heavy (non-hydrogen) atoms. The number of thioether (sulfide) groups is 2. The van der Waals surface area contributed by atoms with E-state index in [0.29, 0.717) is 30.0 Å². The Bertz CT molecular complexity index is 913. The monoisotopic (exact) mass is 573 g/mol. The number of hydrogen-bond acceptors (Lipinski definition) is 9. The highest BCUT2D eigenvalue weighted by Crippen LogP contribution is 2.07. The average Bonchev–Trinajstić information content (AvgIpc) is 3.38. The van der Waals surface area contributed by atoms with Gasteiger partial charge in [0.05, 0.1) is 12.4 Å². The minimum absolute atomic E-state index is 0.107. The molecular formula is C22H39N9O5S2. The lowest BCUT2D eigenvalue weighted by molar-refractivity contribution is -0.142. The van der Waals surface area contributed by atoms with Gasteiger partial charge in [0.15, 0.2) is 5.96 Å². The molecule has 3 amide bonds. The number of amides is 3. The van der Waals surface area contributed by atoms with E-state index in [-0.39, 0.29) is 31.8 Å². The van der Waals surface area contributed by atoms with Gasteiger partial charge >= 0.3 is 5.97 Å². The highest BCUT2D eigenvalue weighted by molar-refractivity contribution is 7.98. The molecule has 0 fully saturated rings. The molecule has 1 heterocycles. The maximum atomic E-state index is 13.2. The van der Waals surface area contributed by atoms with Gasteiger partial charge in [-0.2, -0.15) is 23.5 Å². The Labute approximate surface area is 230 Å². The van der Waals surface area contributed by atoms with E-state index < -0.39 is 47.9 Å². The number of carbonyl (C=O) groups excluding carboxylic acids is 3. The van der Waals surface area contributed by atoms with Crippen molar-refractivity contribution in [1.29, 1.82) is 0 Å². The number of rotatable bonds is 19. The van der Waals surface area contributed by atoms with Crippen molar-refractivity contribution in [2.45, 2.75) is 56.3 Å². The van der Waals surface area contributed by atoms with Crippen LogP contribution in [0, 0.1) is 0 Å². The van der Waals surface area contributed by atoms with Crippen molar-refractivity contribution in [3.63, 3.8) is 0 Å². The van der Waals surface area contributed by atoms with E-state index >= 15 is 0 Å². The van der Waals surface area contributed by atoms with Crippen molar-refractivity contribution in [3.8, 4) is 0 Å². The first kappa shape index (κ1) is 33.0. The van der Waals surface area contributed by atoms with Crippen LogP contribution in [0.3, 0.4) is 0 Å². The van der Waals surface area contributed by atoms with E-state index in [1.54, 1.807) is 6.20 Å². The molecular weight excluding hydrogens is 534 g/mol. The first-order valence-corrected chi connectivity index (χ1v) is 14.8. The maximum absolute atomic E-state index is 13.2. The second-order valence-corrected chi connectivity index (χ2v) is 10.4. The smallest absolute Gasteiger partial charge is 0.326 e. The van der Waals surface area contributed by atoms with Crippen molar-refractivity contribution >= 4 is 53.2 Å². The number of aliphatic carboxylic acids is 1. The number of carboxylic acid groups (broad SMARTS) is 1. The summed E-state index contributed by atoms with van der Waals surface area (Å²) in [5.41, 5.74) is 17.4. The first-order chi connectivity index (χ1) is 18.1. The number of imidazole rings is 1. The molecule has 16 heteroatoms. The quantitative estimate of drug-likeness (QED) is 0.0531. The summed E-state index contributed by atoms with van der Waals surface area (Å²) >= 11 is 2.94. The highest BCUT2D eigenvalue weighted by atomic mass is 32.2. The van der Waals surface area contributed by atoms with E-state index in [4.69, 9.17) is 17.2 Å². The number of nitrogens with zero attached hydrogens (tertiary/aromatic N) is 2. The number of aliphatic imine (C=N–C) groups is 1. The number of carbonyl (C=O) groups is 4. The number of nitrogens with two attached hydrogens (primary N) is 3. The van der Waals surface area contributed by atoms with Crippen LogP contribution in [0.15, 0.2) is 17.5 Å². The number of nitrogens with one attached hydrogen (secondary N) is 4. The lowest BCUT2D eigenvalue weighted by Crippen LogP contribution is -2.57. The largest absolute Gasteiger partial charge is 0.480 e. The molecule has 0 bridgehead atoms. The van der Waals surface area contributed by atoms with Gasteiger partial charge in [-0.05, 0) is 49.7 Å². The number of guanidine groups is 1. The molecule has 0 aliphatic rings. The first-order valence-electron chi connectivity index (χ1n) is 12.0. The normalized spacial score (nSPS) is 14.0. The minimum Gasteiger partial charge on any atom is -0.480 e. The van der Waals surface area contributed by atoms with Crippen LogP contribution < -0.4 is 33.2 Å². The van der Waals surface area contributed by atoms with Crippen LogP contribution in [0.25, 0.3) is 0 Å². The molecule has 1 aromatic heterocycles. The third-order valence-electron chi connectivity index (χ3n) is 5.38. The Balaban J connectivity index is 2.96. The summed E-state index contributed by atoms with van der Waals surface area (Å²) < 4.78 is 0. The Morgan fingerprint density at radius 1 is 0.974 bits per heavy atom. The number of carboxylic acids is 1. The van der Waals surface area contributed by atoms with Gasteiger partial charge < -0.3 is 43.2 Å². The molecule has 1 aromatic rings. The predicted octanol–water partition coefficient (Wildman–Crippen LogP) is -1.62. The SMILES string of the molecule is CSCCC(NC(=O)C(CCCN=C(N)N)NC(=O)C(CCSC)NC(=O)C(N)Cc1cnc[nH]1)C(=O)O. The molecule has 0 aliphatic heterocycles. The fraction of sp³-hybridized carbons (Fsp3) is 0.636. The summed E-state index contributed by atoms with van der Waals surface area (Å²) in [5.74, 6) is -1.95. The zero-order chi connectivity index (χ0) is 28.5. The van der Waals surface area contributed by atoms with Crippen LogP contribution in [0.1, 0.15) is 31.4 Å². The summed E-state index contributed by atoms with van der Waals surface area (Å²) in [6.45, 7) is 0.214. The topological polar surface area (TPSA) is 244 Å². The molecule has 1 rings (SSSR count). The van der Waals surface area contributed by atoms with Gasteiger partial charge in [-0.3, -0.25) is 19.4 Å². The number of H-pyrrole nitrogens is 1. The van der Waals surface area contributed by atoms with Crippen molar-refractivity contribution in [2.24, 2.45) is 22.2 Å². The standard InChI is InChI=1S/C22H39N9O5S2/c1-37-8-5-16(29-18(32)14(23)10-13-11-26-12-28-13)20(34)30-15(4-3-7-27-22(24)25)19(33)31-17(21(35)36)6-9-38-2/h11-12,14-17H,3-10,23H2,1-2H3,(H,26,28)(H,29,32)(H,30,34)(H,31,33)(H,35,36)(H4,24,25,27). The second-order valence-electron chi connectivity index (χ2n) is 8.42. The van der Waals surface area contributed by atoms with E-state index in [2.05, 4.69) is 30.9 Å². The van der Waals surface area contributed by atoms with Gasteiger partial charge in [-0.15, -0.1) is 0 Å². The molecule has 4 unspecified atom stereocenters. The number of aromatic nitrogens is 2. The third kappa shape index (κ3) is 13.0. The summed E-state index contributed by atoms with van der Waals surface area (Å²) in [4.78, 5) is 61.2. The number of aromatic amines is 1. The molecule has 214 valence electrons. The molecule has 4 atom stereocenters. The van der Waals surface area contributed by atoms with Crippen LogP contribution in [-0.4, -0.2) is 99.5 Å². The Morgan fingerprint density at radius 3 is 2.05 bits per heavy atom. The summed E-state index contributed by atoms with van der Waals surface area (Å²) in [6, 6.07) is -4.06. The van der Waals surface area contributed by atoms with Gasteiger partial charge in [-0.25, -0.2) is 9.78 Å². The van der Waals surface area contributed by atoms with Crippen LogP contribution >= 0.6 is 23.5 Å². The predicted molar refractivity (Wildman–Crippen MR) is 150 cm³/mol. The van der Waals surface area contributed by atoms with Gasteiger partial charge in [0.2, 0.25) is 17.7 Å². The average molecular weight is 574 g/mol. The molecule has 14 nitrogen and oxygen atoms in total. The molecule has 0 spiro atoms. The van der Waals surface area contributed by atoms with E-state index in [9.17, 15) is 24.3 Å². The maximum Gasteiger partial charge on any atom is 0.326 e. The fourth-order valence-electron chi connectivity index (χ4n) is 3.32. The van der Waals surface area contributed by atoms with Gasteiger partial charge in [0, 0.05) is 24.9 Å². The van der Waals surface area contributed by atoms with E-state index in [1.807, 2.05) is 12.5 Å². The van der Waals surface area contributed by atoms with Crippen molar-refractivity contribution in [3.05, 3.63) is 18.2 Å². The second kappa shape index (κ2) is 18.3. The van der Waals surface area contributed by atoms with Crippen LogP contribution in [0.4, 0.5) is 0 Å². The highest BCUT2D eigenvalue weighted by Gasteiger charge is 2.30. The zero-order valence-electron chi connectivity index (χ0n) is 21.6. The minimum atomic E-state index is -1.17. The third-order valence-corrected chi connectivity index (χ3v) is 6.67. The zero-order valence-corrected chi connectivity index (χ0v) is 23.3. The van der Waals surface area contributed by atoms with Crippen molar-refractivity contribution in [2.75, 3.05) is 30.6 Å². The molecule has 0 saturated heterocycles.